The maximum Gasteiger partial charge on any atom is 0.241 e. The molecule has 0 radical (unpaired) electrons. The first-order chi connectivity index (χ1) is 14.6. The van der Waals surface area contributed by atoms with Crippen LogP contribution >= 0.6 is 0 Å². The van der Waals surface area contributed by atoms with Gasteiger partial charge >= 0.3 is 0 Å². The number of hydrogen-bond donors (Lipinski definition) is 1. The Balaban J connectivity index is 1.28. The van der Waals surface area contributed by atoms with Crippen molar-refractivity contribution in [2.45, 2.75) is 26.3 Å². The van der Waals surface area contributed by atoms with Crippen molar-refractivity contribution in [3.63, 3.8) is 0 Å². The van der Waals surface area contributed by atoms with Gasteiger partial charge < -0.3 is 14.6 Å². The van der Waals surface area contributed by atoms with Crippen LogP contribution in [0.4, 0.5) is 5.69 Å². The maximum absolute atomic E-state index is 12.5. The van der Waals surface area contributed by atoms with Gasteiger partial charge in [0.15, 0.2) is 0 Å². The van der Waals surface area contributed by atoms with Crippen molar-refractivity contribution in [3.8, 4) is 17.1 Å². The lowest BCUT2D eigenvalue weighted by Gasteiger charge is -2.30. The molecule has 1 aromatic heterocycles. The Labute approximate surface area is 176 Å². The van der Waals surface area contributed by atoms with E-state index < -0.39 is 0 Å². The number of carbonyl (C=O) groups excluding carboxylic acids is 1. The number of likely N-dealkylation sites (tertiary alicyclic amines) is 1. The number of nitrogens with zero attached hydrogens (tertiary/aromatic N) is 3. The van der Waals surface area contributed by atoms with Crippen LogP contribution in [0.5, 0.6) is 5.75 Å². The summed E-state index contributed by atoms with van der Waals surface area (Å²) in [6, 6.07) is 15.5. The van der Waals surface area contributed by atoms with E-state index in [0.717, 1.165) is 42.9 Å². The summed E-state index contributed by atoms with van der Waals surface area (Å²) in [6.45, 7) is 4.28. The Morgan fingerprint density at radius 1 is 1.13 bits per heavy atom. The van der Waals surface area contributed by atoms with Gasteiger partial charge in [-0.3, -0.25) is 9.69 Å². The van der Waals surface area contributed by atoms with Crippen molar-refractivity contribution in [2.75, 3.05) is 25.5 Å². The topological polar surface area (TPSA) is 80.5 Å². The van der Waals surface area contributed by atoms with Gasteiger partial charge in [0.2, 0.25) is 17.6 Å². The molecule has 0 bridgehead atoms. The molecule has 3 aromatic rings. The molecule has 1 amide bonds. The third kappa shape index (κ3) is 4.86. The van der Waals surface area contributed by atoms with Crippen molar-refractivity contribution in [3.05, 3.63) is 60.0 Å². The zero-order valence-corrected chi connectivity index (χ0v) is 17.3. The van der Waals surface area contributed by atoms with Crippen LogP contribution < -0.4 is 10.1 Å². The molecule has 0 saturated carbocycles. The van der Waals surface area contributed by atoms with Crippen LogP contribution in [-0.4, -0.2) is 41.1 Å². The van der Waals surface area contributed by atoms with Crippen LogP contribution in [0.25, 0.3) is 11.4 Å². The second-order valence-electron chi connectivity index (χ2n) is 7.65. The second kappa shape index (κ2) is 9.09. The van der Waals surface area contributed by atoms with Crippen LogP contribution in [0.2, 0.25) is 0 Å². The number of nitrogens with one attached hydrogen (secondary N) is 1. The molecular weight excluding hydrogens is 380 g/mol. The largest absolute Gasteiger partial charge is 0.497 e. The van der Waals surface area contributed by atoms with Gasteiger partial charge in [0, 0.05) is 17.2 Å². The molecule has 1 saturated heterocycles. The van der Waals surface area contributed by atoms with E-state index in [1.54, 1.807) is 7.11 Å². The van der Waals surface area contributed by atoms with E-state index in [1.165, 1.54) is 5.56 Å². The number of piperidine rings is 1. The van der Waals surface area contributed by atoms with Gasteiger partial charge in [-0.05, 0) is 69.3 Å². The third-order valence-electron chi connectivity index (χ3n) is 5.45. The van der Waals surface area contributed by atoms with Crippen LogP contribution in [0.3, 0.4) is 0 Å². The Hall–Kier alpha value is -3.19. The smallest absolute Gasteiger partial charge is 0.241 e. The lowest BCUT2D eigenvalue weighted by molar-refractivity contribution is -0.121. The minimum atomic E-state index is 0.0279. The van der Waals surface area contributed by atoms with Crippen molar-refractivity contribution in [1.82, 2.24) is 15.0 Å². The Morgan fingerprint density at radius 2 is 1.83 bits per heavy atom. The highest BCUT2D eigenvalue weighted by Crippen LogP contribution is 2.23. The number of aromatic nitrogens is 2. The number of aryl methyl sites for hydroxylation is 1. The zero-order chi connectivity index (χ0) is 20.9. The van der Waals surface area contributed by atoms with Crippen LogP contribution in [-0.2, 0) is 11.3 Å². The fourth-order valence-electron chi connectivity index (χ4n) is 3.60. The Kier molecular flexibility index (Phi) is 6.09. The number of ether oxygens (including phenoxy) is 1. The summed E-state index contributed by atoms with van der Waals surface area (Å²) in [5.41, 5.74) is 2.92. The monoisotopic (exact) mass is 406 g/mol. The van der Waals surface area contributed by atoms with Crippen molar-refractivity contribution in [1.29, 1.82) is 0 Å². The van der Waals surface area contributed by atoms with Crippen molar-refractivity contribution < 1.29 is 14.1 Å². The fraction of sp³-hybridized carbons (Fsp3) is 0.348. The summed E-state index contributed by atoms with van der Waals surface area (Å²) in [5.74, 6) is 2.07. The summed E-state index contributed by atoms with van der Waals surface area (Å²) in [4.78, 5) is 19.3. The standard InChI is InChI=1S/C23H26N4O3/c1-16-3-7-19(8-4-16)24-23(28)18-11-13-27(14-12-18)15-21-25-22(26-30-21)17-5-9-20(29-2)10-6-17/h3-10,18H,11-15H2,1-2H3,(H,24,28). The minimum Gasteiger partial charge on any atom is -0.497 e. The summed E-state index contributed by atoms with van der Waals surface area (Å²) < 4.78 is 10.6. The molecule has 4 rings (SSSR count). The van der Waals surface area contributed by atoms with Gasteiger partial charge in [0.25, 0.3) is 0 Å². The number of carbonyl (C=O) groups is 1. The van der Waals surface area contributed by atoms with E-state index in [-0.39, 0.29) is 11.8 Å². The number of methoxy groups -OCH3 is 1. The summed E-state index contributed by atoms with van der Waals surface area (Å²) in [5, 5.41) is 7.11. The van der Waals surface area contributed by atoms with Crippen molar-refractivity contribution >= 4 is 11.6 Å². The molecule has 0 atom stereocenters. The predicted molar refractivity (Wildman–Crippen MR) is 114 cm³/mol. The molecule has 2 heterocycles. The second-order valence-corrected chi connectivity index (χ2v) is 7.65. The normalized spacial score (nSPS) is 15.1. The average Bonchev–Trinajstić information content (AvgIpc) is 3.24. The Morgan fingerprint density at radius 3 is 2.50 bits per heavy atom. The van der Waals surface area contributed by atoms with E-state index in [2.05, 4.69) is 20.4 Å². The molecule has 2 aromatic carbocycles. The van der Waals surface area contributed by atoms with E-state index in [9.17, 15) is 4.79 Å². The fourth-order valence-corrected chi connectivity index (χ4v) is 3.60. The highest BCUT2D eigenvalue weighted by molar-refractivity contribution is 5.92. The number of hydrogen-bond acceptors (Lipinski definition) is 6. The lowest BCUT2D eigenvalue weighted by atomic mass is 9.96. The zero-order valence-electron chi connectivity index (χ0n) is 17.3. The number of amides is 1. The van der Waals surface area contributed by atoms with E-state index in [4.69, 9.17) is 9.26 Å². The van der Waals surface area contributed by atoms with E-state index in [1.807, 2.05) is 55.5 Å². The molecule has 0 spiro atoms. The quantitative estimate of drug-likeness (QED) is 0.669. The molecule has 7 nitrogen and oxygen atoms in total. The van der Waals surface area contributed by atoms with Crippen molar-refractivity contribution in [2.24, 2.45) is 5.92 Å². The molecule has 1 aliphatic rings. The SMILES string of the molecule is COc1ccc(-c2noc(CN3CCC(C(=O)Nc4ccc(C)cc4)CC3)n2)cc1. The van der Waals surface area contributed by atoms with Gasteiger partial charge in [0.05, 0.1) is 13.7 Å². The van der Waals surface area contributed by atoms with Gasteiger partial charge in [-0.25, -0.2) is 0 Å². The third-order valence-corrected chi connectivity index (χ3v) is 5.45. The minimum absolute atomic E-state index is 0.0279. The summed E-state index contributed by atoms with van der Waals surface area (Å²) in [7, 11) is 1.64. The highest BCUT2D eigenvalue weighted by atomic mass is 16.5. The Bertz CT molecular complexity index is 974. The average molecular weight is 406 g/mol. The molecule has 0 aliphatic carbocycles. The van der Waals surface area contributed by atoms with Gasteiger partial charge in [-0.1, -0.05) is 22.9 Å². The van der Waals surface area contributed by atoms with Gasteiger partial charge in [0.1, 0.15) is 5.75 Å². The first-order valence-corrected chi connectivity index (χ1v) is 10.2. The molecule has 30 heavy (non-hydrogen) atoms. The van der Waals surface area contributed by atoms with Gasteiger partial charge in [-0.15, -0.1) is 0 Å². The van der Waals surface area contributed by atoms with E-state index >= 15 is 0 Å². The van der Waals surface area contributed by atoms with Gasteiger partial charge in [-0.2, -0.15) is 4.98 Å². The van der Waals surface area contributed by atoms with Crippen LogP contribution in [0, 0.1) is 12.8 Å². The van der Waals surface area contributed by atoms with E-state index in [0.29, 0.717) is 18.3 Å². The lowest BCUT2D eigenvalue weighted by Crippen LogP contribution is -2.37. The number of benzene rings is 2. The molecule has 1 N–H and O–H groups in total. The molecule has 7 heteroatoms. The first kappa shape index (κ1) is 20.1. The summed E-state index contributed by atoms with van der Waals surface area (Å²) >= 11 is 0. The predicted octanol–water partition coefficient (Wildman–Crippen LogP) is 3.90. The molecular formula is C23H26N4O3. The van der Waals surface area contributed by atoms with Crippen LogP contribution in [0.1, 0.15) is 24.3 Å². The number of anilines is 1. The molecule has 156 valence electrons. The molecule has 0 unspecified atom stereocenters. The molecule has 1 fully saturated rings. The maximum atomic E-state index is 12.5. The number of rotatable bonds is 6. The highest BCUT2D eigenvalue weighted by Gasteiger charge is 2.26. The van der Waals surface area contributed by atoms with Crippen LogP contribution in [0.15, 0.2) is 53.1 Å². The summed E-state index contributed by atoms with van der Waals surface area (Å²) in [6.07, 6.45) is 1.63. The molecule has 1 aliphatic heterocycles. The first-order valence-electron chi connectivity index (χ1n) is 10.2.